The minimum atomic E-state index is -0.561. The lowest BCUT2D eigenvalue weighted by atomic mass is 9.89. The molecule has 1 aliphatic rings. The maximum Gasteiger partial charge on any atom is 0.228 e. The van der Waals surface area contributed by atoms with Gasteiger partial charge in [-0.15, -0.1) is 0 Å². The van der Waals surface area contributed by atoms with Crippen LogP contribution in [0.4, 0.5) is 10.1 Å². The molecule has 1 aliphatic heterocycles. The second-order valence-corrected chi connectivity index (χ2v) is 4.92. The lowest BCUT2D eigenvalue weighted by Crippen LogP contribution is -2.45. The van der Waals surface area contributed by atoms with Crippen molar-refractivity contribution < 1.29 is 14.3 Å². The Bertz CT molecular complexity index is 445. The largest absolute Gasteiger partial charge is 0.396 e. The number of carbonyl (C=O) groups excluding carboxylic acids is 1. The molecule has 1 atom stereocenters. The summed E-state index contributed by atoms with van der Waals surface area (Å²) in [6.07, 6.45) is 0.262. The van der Waals surface area contributed by atoms with Gasteiger partial charge in [0.2, 0.25) is 5.91 Å². The SMILES string of the molecule is CC1(C)C(CO)CC(=O)N1c1ccccc1F. The van der Waals surface area contributed by atoms with Gasteiger partial charge in [-0.2, -0.15) is 0 Å². The lowest BCUT2D eigenvalue weighted by molar-refractivity contribution is -0.117. The maximum absolute atomic E-state index is 13.7. The monoisotopic (exact) mass is 237 g/mol. The van der Waals surface area contributed by atoms with Crippen LogP contribution in [0.15, 0.2) is 24.3 Å². The van der Waals surface area contributed by atoms with Gasteiger partial charge in [0.05, 0.1) is 5.69 Å². The van der Waals surface area contributed by atoms with Crippen LogP contribution in [0.3, 0.4) is 0 Å². The molecule has 17 heavy (non-hydrogen) atoms. The first-order chi connectivity index (χ1) is 7.98. The summed E-state index contributed by atoms with van der Waals surface area (Å²) in [5.74, 6) is -0.707. The zero-order valence-electron chi connectivity index (χ0n) is 9.98. The van der Waals surface area contributed by atoms with Crippen molar-refractivity contribution in [3.05, 3.63) is 30.1 Å². The predicted molar refractivity (Wildman–Crippen MR) is 63.2 cm³/mol. The highest BCUT2D eigenvalue weighted by Gasteiger charge is 2.47. The standard InChI is InChI=1S/C13H16FNO2/c1-13(2)9(8-16)7-12(17)15(13)11-6-4-3-5-10(11)14/h3-6,9,16H,7-8H2,1-2H3. The number of benzene rings is 1. The molecule has 0 aromatic heterocycles. The molecule has 1 aromatic rings. The van der Waals surface area contributed by atoms with Crippen LogP contribution in [-0.4, -0.2) is 23.2 Å². The molecular weight excluding hydrogens is 221 g/mol. The van der Waals surface area contributed by atoms with E-state index >= 15 is 0 Å². The summed E-state index contributed by atoms with van der Waals surface area (Å²) in [6.45, 7) is 3.64. The first-order valence-corrected chi connectivity index (χ1v) is 5.67. The van der Waals surface area contributed by atoms with Crippen molar-refractivity contribution in [3.8, 4) is 0 Å². The molecule has 1 amide bonds. The minimum Gasteiger partial charge on any atom is -0.396 e. The summed E-state index contributed by atoms with van der Waals surface area (Å²) < 4.78 is 13.7. The normalized spacial score (nSPS) is 23.2. The number of hydrogen-bond donors (Lipinski definition) is 1. The number of rotatable bonds is 2. The number of anilines is 1. The molecule has 3 nitrogen and oxygen atoms in total. The molecular formula is C13H16FNO2. The molecule has 1 fully saturated rings. The van der Waals surface area contributed by atoms with E-state index < -0.39 is 11.4 Å². The van der Waals surface area contributed by atoms with Crippen LogP contribution in [0.25, 0.3) is 0 Å². The van der Waals surface area contributed by atoms with Gasteiger partial charge in [-0.3, -0.25) is 4.79 Å². The third-order valence-corrected chi connectivity index (χ3v) is 3.56. The van der Waals surface area contributed by atoms with Crippen molar-refractivity contribution in [2.45, 2.75) is 25.8 Å². The lowest BCUT2D eigenvalue weighted by Gasteiger charge is -2.35. The topological polar surface area (TPSA) is 40.5 Å². The number of amides is 1. The summed E-state index contributed by atoms with van der Waals surface area (Å²) in [6, 6.07) is 6.23. The summed E-state index contributed by atoms with van der Waals surface area (Å²) in [5, 5.41) is 9.28. The average Bonchev–Trinajstić information content (AvgIpc) is 2.50. The number of halogens is 1. The molecule has 4 heteroatoms. The van der Waals surface area contributed by atoms with Crippen LogP contribution < -0.4 is 4.90 Å². The third-order valence-electron chi connectivity index (χ3n) is 3.56. The summed E-state index contributed by atoms with van der Waals surface area (Å²) >= 11 is 0. The third kappa shape index (κ3) is 1.82. The summed E-state index contributed by atoms with van der Waals surface area (Å²) in [4.78, 5) is 13.4. The van der Waals surface area contributed by atoms with Crippen molar-refractivity contribution >= 4 is 11.6 Å². The first kappa shape index (κ1) is 12.0. The zero-order valence-corrected chi connectivity index (χ0v) is 9.98. The first-order valence-electron chi connectivity index (χ1n) is 5.67. The van der Waals surface area contributed by atoms with Crippen LogP contribution in [-0.2, 0) is 4.79 Å². The van der Waals surface area contributed by atoms with Crippen molar-refractivity contribution in [1.82, 2.24) is 0 Å². The molecule has 1 saturated heterocycles. The molecule has 0 aliphatic carbocycles. The van der Waals surface area contributed by atoms with E-state index in [0.29, 0.717) is 5.69 Å². The second kappa shape index (κ2) is 4.11. The Morgan fingerprint density at radius 2 is 2.12 bits per heavy atom. The maximum atomic E-state index is 13.7. The van der Waals surface area contributed by atoms with E-state index in [4.69, 9.17) is 0 Å². The van der Waals surface area contributed by atoms with Gasteiger partial charge in [0, 0.05) is 24.5 Å². The van der Waals surface area contributed by atoms with Crippen molar-refractivity contribution in [2.24, 2.45) is 5.92 Å². The fourth-order valence-corrected chi connectivity index (χ4v) is 2.42. The summed E-state index contributed by atoms with van der Waals surface area (Å²) in [7, 11) is 0. The van der Waals surface area contributed by atoms with Crippen molar-refractivity contribution in [3.63, 3.8) is 0 Å². The Balaban J connectivity index is 2.45. The zero-order chi connectivity index (χ0) is 12.6. The van der Waals surface area contributed by atoms with E-state index in [0.717, 1.165) is 0 Å². The number of aliphatic hydroxyl groups excluding tert-OH is 1. The van der Waals surface area contributed by atoms with E-state index in [1.54, 1.807) is 18.2 Å². The van der Waals surface area contributed by atoms with Crippen molar-refractivity contribution in [2.75, 3.05) is 11.5 Å². The molecule has 1 heterocycles. The Kier molecular flexibility index (Phi) is 2.91. The Hall–Kier alpha value is -1.42. The van der Waals surface area contributed by atoms with E-state index in [1.807, 2.05) is 13.8 Å². The van der Waals surface area contributed by atoms with Crippen LogP contribution in [0, 0.1) is 11.7 Å². The molecule has 1 N–H and O–H groups in total. The quantitative estimate of drug-likeness (QED) is 0.854. The minimum absolute atomic E-state index is 0.0658. The highest BCUT2D eigenvalue weighted by molar-refractivity contribution is 5.97. The van der Waals surface area contributed by atoms with E-state index in [-0.39, 0.29) is 24.9 Å². The molecule has 0 radical (unpaired) electrons. The number of aliphatic hydroxyl groups is 1. The van der Waals surface area contributed by atoms with Gasteiger partial charge in [0.15, 0.2) is 0 Å². The van der Waals surface area contributed by atoms with Crippen LogP contribution in [0.2, 0.25) is 0 Å². The molecule has 0 bridgehead atoms. The smallest absolute Gasteiger partial charge is 0.228 e. The molecule has 0 spiro atoms. The fraction of sp³-hybridized carbons (Fsp3) is 0.462. The van der Waals surface area contributed by atoms with Gasteiger partial charge >= 0.3 is 0 Å². The van der Waals surface area contributed by atoms with E-state index in [2.05, 4.69) is 0 Å². The number of carbonyl (C=O) groups is 1. The molecule has 92 valence electrons. The van der Waals surface area contributed by atoms with Gasteiger partial charge in [-0.25, -0.2) is 4.39 Å². The van der Waals surface area contributed by atoms with Gasteiger partial charge in [-0.1, -0.05) is 12.1 Å². The molecule has 1 unspecified atom stereocenters. The van der Waals surface area contributed by atoms with E-state index in [1.165, 1.54) is 11.0 Å². The van der Waals surface area contributed by atoms with Crippen LogP contribution in [0.5, 0.6) is 0 Å². The average molecular weight is 237 g/mol. The summed E-state index contributed by atoms with van der Waals surface area (Å²) in [5.41, 5.74) is -0.271. The Morgan fingerprint density at radius 1 is 1.47 bits per heavy atom. The molecule has 2 rings (SSSR count). The van der Waals surface area contributed by atoms with Gasteiger partial charge in [-0.05, 0) is 26.0 Å². The van der Waals surface area contributed by atoms with Gasteiger partial charge in [0.1, 0.15) is 5.82 Å². The van der Waals surface area contributed by atoms with Gasteiger partial charge < -0.3 is 10.0 Å². The number of para-hydroxylation sites is 1. The van der Waals surface area contributed by atoms with Gasteiger partial charge in [0.25, 0.3) is 0 Å². The molecule has 0 saturated carbocycles. The Labute approximate surface area is 99.9 Å². The molecule has 1 aromatic carbocycles. The van der Waals surface area contributed by atoms with Crippen LogP contribution in [0.1, 0.15) is 20.3 Å². The highest BCUT2D eigenvalue weighted by Crippen LogP contribution is 2.39. The fourth-order valence-electron chi connectivity index (χ4n) is 2.42. The van der Waals surface area contributed by atoms with Crippen LogP contribution >= 0.6 is 0 Å². The number of hydrogen-bond acceptors (Lipinski definition) is 2. The number of nitrogens with zero attached hydrogens (tertiary/aromatic N) is 1. The van der Waals surface area contributed by atoms with Crippen molar-refractivity contribution in [1.29, 1.82) is 0 Å². The predicted octanol–water partition coefficient (Wildman–Crippen LogP) is 1.95. The van der Waals surface area contributed by atoms with E-state index in [9.17, 15) is 14.3 Å². The Morgan fingerprint density at radius 3 is 2.65 bits per heavy atom. The second-order valence-electron chi connectivity index (χ2n) is 4.92. The highest BCUT2D eigenvalue weighted by atomic mass is 19.1.